The molecule has 1 aromatic carbocycles. The summed E-state index contributed by atoms with van der Waals surface area (Å²) in [5.74, 6) is -0.386. The molecule has 0 radical (unpaired) electrons. The lowest BCUT2D eigenvalue weighted by Crippen LogP contribution is -2.03. The van der Waals surface area contributed by atoms with Crippen LogP contribution in [0.1, 0.15) is 11.1 Å². The predicted molar refractivity (Wildman–Crippen MR) is 62.0 cm³/mol. The smallest absolute Gasteiger partial charge is 0.307 e. The number of rotatable bonds is 4. The second kappa shape index (κ2) is 5.37. The average molecular weight is 294 g/mol. The Morgan fingerprint density at radius 1 is 1.53 bits per heavy atom. The number of ether oxygens (including phenoxy) is 1. The fraction of sp³-hybridized carbons (Fsp3) is 0.300. The van der Waals surface area contributed by atoms with E-state index in [0.717, 1.165) is 5.56 Å². The van der Waals surface area contributed by atoms with Crippen molar-refractivity contribution < 1.29 is 14.6 Å². The number of hydrogen-bond donors (Lipinski definition) is 1. The van der Waals surface area contributed by atoms with Gasteiger partial charge >= 0.3 is 5.97 Å². The van der Waals surface area contributed by atoms with E-state index >= 15 is 0 Å². The number of carboxylic acid groups (broad SMARTS) is 1. The highest BCUT2D eigenvalue weighted by Gasteiger charge is 2.11. The summed E-state index contributed by atoms with van der Waals surface area (Å²) in [5.41, 5.74) is 1.48. The van der Waals surface area contributed by atoms with Gasteiger partial charge in [-0.25, -0.2) is 0 Å². The Bertz CT molecular complexity index is 379. The molecule has 5 heteroatoms. The van der Waals surface area contributed by atoms with Crippen LogP contribution in [0.2, 0.25) is 5.02 Å². The lowest BCUT2D eigenvalue weighted by molar-refractivity contribution is -0.136. The molecule has 15 heavy (non-hydrogen) atoms. The molecule has 1 aromatic rings. The highest BCUT2D eigenvalue weighted by Crippen LogP contribution is 2.28. The van der Waals surface area contributed by atoms with Crippen LogP contribution < -0.4 is 4.74 Å². The van der Waals surface area contributed by atoms with Gasteiger partial charge in [0, 0.05) is 15.9 Å². The minimum absolute atomic E-state index is 0.0691. The molecule has 0 saturated carbocycles. The van der Waals surface area contributed by atoms with E-state index in [9.17, 15) is 4.79 Å². The van der Waals surface area contributed by atoms with Gasteiger partial charge in [0.25, 0.3) is 0 Å². The summed E-state index contributed by atoms with van der Waals surface area (Å²) in [5, 5.41) is 9.87. The summed E-state index contributed by atoms with van der Waals surface area (Å²) in [7, 11) is 1.49. The van der Waals surface area contributed by atoms with Crippen molar-refractivity contribution in [3.63, 3.8) is 0 Å². The summed E-state index contributed by atoms with van der Waals surface area (Å²) >= 11 is 9.24. The number of halogens is 2. The van der Waals surface area contributed by atoms with Gasteiger partial charge in [-0.2, -0.15) is 0 Å². The van der Waals surface area contributed by atoms with Crippen LogP contribution in [0.5, 0.6) is 5.75 Å². The van der Waals surface area contributed by atoms with Gasteiger partial charge in [0.2, 0.25) is 0 Å². The molecule has 0 aliphatic heterocycles. The molecular weight excluding hydrogens is 283 g/mol. The van der Waals surface area contributed by atoms with Crippen molar-refractivity contribution in [2.75, 3.05) is 7.11 Å². The summed E-state index contributed by atoms with van der Waals surface area (Å²) in [6.07, 6.45) is -0.0691. The largest absolute Gasteiger partial charge is 0.496 e. The molecule has 82 valence electrons. The molecule has 0 bridgehead atoms. The Labute approximate surface area is 101 Å². The number of hydrogen-bond acceptors (Lipinski definition) is 2. The van der Waals surface area contributed by atoms with Gasteiger partial charge in [0.1, 0.15) is 5.75 Å². The molecule has 3 nitrogen and oxygen atoms in total. The van der Waals surface area contributed by atoms with Gasteiger partial charge in [-0.15, -0.1) is 0 Å². The molecule has 0 aliphatic rings. The monoisotopic (exact) mass is 292 g/mol. The van der Waals surface area contributed by atoms with Crippen LogP contribution in [0.25, 0.3) is 0 Å². The zero-order chi connectivity index (χ0) is 11.4. The van der Waals surface area contributed by atoms with Gasteiger partial charge in [0.15, 0.2) is 0 Å². The normalized spacial score (nSPS) is 10.1. The Balaban J connectivity index is 3.16. The fourth-order valence-electron chi connectivity index (χ4n) is 1.24. The average Bonchev–Trinajstić information content (AvgIpc) is 2.19. The molecule has 0 heterocycles. The van der Waals surface area contributed by atoms with Crippen molar-refractivity contribution in [2.24, 2.45) is 0 Å². The van der Waals surface area contributed by atoms with Crippen LogP contribution in [-0.4, -0.2) is 18.2 Å². The first-order valence-electron chi connectivity index (χ1n) is 4.21. The number of benzene rings is 1. The molecule has 0 saturated heterocycles. The molecule has 0 unspecified atom stereocenters. The fourth-order valence-corrected chi connectivity index (χ4v) is 2.09. The first-order chi connectivity index (χ1) is 7.08. The molecule has 0 aliphatic carbocycles. The van der Waals surface area contributed by atoms with Crippen molar-refractivity contribution in [2.45, 2.75) is 11.8 Å². The number of carbonyl (C=O) groups is 1. The topological polar surface area (TPSA) is 46.5 Å². The molecule has 1 N–H and O–H groups in total. The van der Waals surface area contributed by atoms with Crippen molar-refractivity contribution in [1.29, 1.82) is 0 Å². The zero-order valence-corrected chi connectivity index (χ0v) is 10.4. The van der Waals surface area contributed by atoms with Crippen LogP contribution in [0, 0.1) is 0 Å². The molecular formula is C10H10BrClO3. The molecule has 1 rings (SSSR count). The number of carboxylic acids is 1. The highest BCUT2D eigenvalue weighted by molar-refractivity contribution is 9.08. The van der Waals surface area contributed by atoms with E-state index in [1.54, 1.807) is 12.1 Å². The Morgan fingerprint density at radius 3 is 2.67 bits per heavy atom. The molecule has 0 spiro atoms. The lowest BCUT2D eigenvalue weighted by Gasteiger charge is -2.09. The maximum absolute atomic E-state index is 10.6. The summed E-state index contributed by atoms with van der Waals surface area (Å²) in [6.45, 7) is 0. The van der Waals surface area contributed by atoms with E-state index < -0.39 is 5.97 Å². The predicted octanol–water partition coefficient (Wildman–Crippen LogP) is 2.87. The molecule has 0 fully saturated rings. The van der Waals surface area contributed by atoms with Crippen LogP contribution in [-0.2, 0) is 16.5 Å². The van der Waals surface area contributed by atoms with E-state index in [-0.39, 0.29) is 6.42 Å². The van der Waals surface area contributed by atoms with E-state index in [1.807, 2.05) is 0 Å². The Kier molecular flexibility index (Phi) is 4.42. The molecule has 0 atom stereocenters. The van der Waals surface area contributed by atoms with Crippen molar-refractivity contribution >= 4 is 33.5 Å². The summed E-state index contributed by atoms with van der Waals surface area (Å²) < 4.78 is 5.06. The summed E-state index contributed by atoms with van der Waals surface area (Å²) in [4.78, 5) is 10.6. The highest BCUT2D eigenvalue weighted by atomic mass is 79.9. The second-order valence-corrected chi connectivity index (χ2v) is 3.93. The van der Waals surface area contributed by atoms with Gasteiger partial charge in [0.05, 0.1) is 13.5 Å². The van der Waals surface area contributed by atoms with Gasteiger partial charge < -0.3 is 9.84 Å². The third-order valence-electron chi connectivity index (χ3n) is 1.94. The number of methoxy groups -OCH3 is 1. The SMILES string of the molecule is COc1cc(Cl)c(CBr)cc1CC(=O)O. The maximum Gasteiger partial charge on any atom is 0.307 e. The van der Waals surface area contributed by atoms with Crippen LogP contribution in [0.3, 0.4) is 0 Å². The van der Waals surface area contributed by atoms with E-state index in [0.29, 0.717) is 21.7 Å². The van der Waals surface area contributed by atoms with Crippen LogP contribution in [0.15, 0.2) is 12.1 Å². The Morgan fingerprint density at radius 2 is 2.20 bits per heavy atom. The standard InChI is InChI=1S/C10H10BrClO3/c1-15-9-4-8(12)7(5-11)2-6(9)3-10(13)14/h2,4H,3,5H2,1H3,(H,13,14). The lowest BCUT2D eigenvalue weighted by atomic mass is 10.1. The van der Waals surface area contributed by atoms with E-state index in [4.69, 9.17) is 21.4 Å². The second-order valence-electron chi connectivity index (χ2n) is 2.96. The third kappa shape index (κ3) is 3.11. The van der Waals surface area contributed by atoms with Crippen LogP contribution >= 0.6 is 27.5 Å². The molecule has 0 aromatic heterocycles. The van der Waals surface area contributed by atoms with E-state index in [1.165, 1.54) is 7.11 Å². The van der Waals surface area contributed by atoms with Crippen molar-refractivity contribution in [1.82, 2.24) is 0 Å². The maximum atomic E-state index is 10.6. The number of alkyl halides is 1. The van der Waals surface area contributed by atoms with Crippen molar-refractivity contribution in [3.8, 4) is 5.75 Å². The quantitative estimate of drug-likeness (QED) is 0.868. The minimum atomic E-state index is -0.892. The first-order valence-corrected chi connectivity index (χ1v) is 5.71. The van der Waals surface area contributed by atoms with Crippen LogP contribution in [0.4, 0.5) is 0 Å². The van der Waals surface area contributed by atoms with Gasteiger partial charge in [-0.05, 0) is 17.7 Å². The third-order valence-corrected chi connectivity index (χ3v) is 2.89. The summed E-state index contributed by atoms with van der Waals surface area (Å²) in [6, 6.07) is 3.38. The zero-order valence-electron chi connectivity index (χ0n) is 8.09. The van der Waals surface area contributed by atoms with Gasteiger partial charge in [-0.1, -0.05) is 27.5 Å². The Hall–Kier alpha value is -0.740. The first kappa shape index (κ1) is 12.3. The van der Waals surface area contributed by atoms with E-state index in [2.05, 4.69) is 15.9 Å². The van der Waals surface area contributed by atoms with Crippen molar-refractivity contribution in [3.05, 3.63) is 28.3 Å². The molecule has 0 amide bonds. The van der Waals surface area contributed by atoms with Gasteiger partial charge in [-0.3, -0.25) is 4.79 Å². The number of aliphatic carboxylic acids is 1. The minimum Gasteiger partial charge on any atom is -0.496 e.